The van der Waals surface area contributed by atoms with Crippen LogP contribution in [0.5, 0.6) is 0 Å². The zero-order valence-electron chi connectivity index (χ0n) is 14.3. The molecule has 0 unspecified atom stereocenters. The summed E-state index contributed by atoms with van der Waals surface area (Å²) in [6.07, 6.45) is 5.28. The van der Waals surface area contributed by atoms with Gasteiger partial charge in [-0.25, -0.2) is 8.78 Å². The molecule has 0 aliphatic carbocycles. The number of aromatic nitrogens is 3. The number of hydrogen-bond acceptors (Lipinski definition) is 5. The van der Waals surface area contributed by atoms with Gasteiger partial charge in [-0.15, -0.1) is 10.2 Å². The van der Waals surface area contributed by atoms with Crippen LogP contribution >= 0.6 is 11.3 Å². The van der Waals surface area contributed by atoms with Crippen molar-refractivity contribution in [1.82, 2.24) is 14.8 Å². The second-order valence-electron chi connectivity index (χ2n) is 6.36. The second kappa shape index (κ2) is 7.43. The Balaban J connectivity index is 1.45. The third-order valence-electron chi connectivity index (χ3n) is 4.48. The van der Waals surface area contributed by atoms with Gasteiger partial charge in [0.15, 0.2) is 0 Å². The van der Waals surface area contributed by atoms with Crippen LogP contribution in [0.3, 0.4) is 0 Å². The summed E-state index contributed by atoms with van der Waals surface area (Å²) in [5, 5.41) is 12.4. The summed E-state index contributed by atoms with van der Waals surface area (Å²) >= 11 is 1.44. The highest BCUT2D eigenvalue weighted by atomic mass is 32.1. The molecule has 27 heavy (non-hydrogen) atoms. The van der Waals surface area contributed by atoms with Gasteiger partial charge in [-0.1, -0.05) is 11.3 Å². The van der Waals surface area contributed by atoms with Gasteiger partial charge in [0.1, 0.15) is 11.6 Å². The van der Waals surface area contributed by atoms with E-state index in [9.17, 15) is 13.6 Å². The maximum absolute atomic E-state index is 13.8. The van der Waals surface area contributed by atoms with E-state index in [0.29, 0.717) is 13.0 Å². The van der Waals surface area contributed by atoms with Gasteiger partial charge in [0.25, 0.3) is 0 Å². The van der Waals surface area contributed by atoms with Crippen molar-refractivity contribution >= 4 is 28.1 Å². The summed E-state index contributed by atoms with van der Waals surface area (Å²) in [5.74, 6) is -1.90. The molecule has 0 spiro atoms. The number of piperidine rings is 1. The quantitative estimate of drug-likeness (QED) is 0.742. The highest BCUT2D eigenvalue weighted by Crippen LogP contribution is 2.28. The molecular formula is C18H17F2N5OS. The molecule has 2 aromatic heterocycles. The molecule has 0 bridgehead atoms. The predicted molar refractivity (Wildman–Crippen MR) is 99.2 cm³/mol. The van der Waals surface area contributed by atoms with E-state index in [1.54, 1.807) is 0 Å². The van der Waals surface area contributed by atoms with E-state index in [4.69, 9.17) is 0 Å². The Bertz CT molecular complexity index is 943. The van der Waals surface area contributed by atoms with Crippen LogP contribution in [0, 0.1) is 17.6 Å². The standard InChI is InChI=1S/C18H17F2N5OS/c19-13-5-6-14(20)15(10-13)21-16(26)12-4-3-9-25(11-12)18-23-22-17(27-18)24-7-1-2-8-24/h1-2,5-8,10,12H,3-4,9,11H2,(H,21,26)/t12-/m0/s1. The maximum atomic E-state index is 13.8. The van der Waals surface area contributed by atoms with Crippen molar-refractivity contribution in [3.8, 4) is 5.13 Å². The number of benzene rings is 1. The molecular weight excluding hydrogens is 372 g/mol. The van der Waals surface area contributed by atoms with Crippen molar-refractivity contribution in [2.24, 2.45) is 5.92 Å². The monoisotopic (exact) mass is 389 g/mol. The summed E-state index contributed by atoms with van der Waals surface area (Å²) in [7, 11) is 0. The van der Waals surface area contributed by atoms with Gasteiger partial charge in [-0.2, -0.15) is 0 Å². The molecule has 1 aromatic carbocycles. The highest BCUT2D eigenvalue weighted by molar-refractivity contribution is 7.17. The molecule has 6 nitrogen and oxygen atoms in total. The number of anilines is 2. The first-order chi connectivity index (χ1) is 13.1. The maximum Gasteiger partial charge on any atom is 0.229 e. The lowest BCUT2D eigenvalue weighted by Gasteiger charge is -2.31. The molecule has 1 N–H and O–H groups in total. The summed E-state index contributed by atoms with van der Waals surface area (Å²) in [5.41, 5.74) is -0.136. The zero-order chi connectivity index (χ0) is 18.8. The first-order valence-corrected chi connectivity index (χ1v) is 9.39. The van der Waals surface area contributed by atoms with Crippen molar-refractivity contribution in [2.45, 2.75) is 12.8 Å². The fourth-order valence-corrected chi connectivity index (χ4v) is 3.94. The summed E-state index contributed by atoms with van der Waals surface area (Å²) in [6, 6.07) is 6.83. The molecule has 1 aliphatic rings. The minimum atomic E-state index is -0.655. The van der Waals surface area contributed by atoms with Crippen LogP contribution in [0.1, 0.15) is 12.8 Å². The lowest BCUT2D eigenvalue weighted by molar-refractivity contribution is -0.120. The number of hydrogen-bond donors (Lipinski definition) is 1. The SMILES string of the molecule is O=C(Nc1cc(F)ccc1F)[C@H]1CCCN(c2nnc(-n3cccc3)s2)C1. The van der Waals surface area contributed by atoms with Crippen LogP contribution in [0.2, 0.25) is 0 Å². The number of nitrogens with one attached hydrogen (secondary N) is 1. The van der Waals surface area contributed by atoms with Crippen molar-refractivity contribution in [3.63, 3.8) is 0 Å². The molecule has 1 fully saturated rings. The van der Waals surface area contributed by atoms with Crippen LogP contribution in [0.4, 0.5) is 19.6 Å². The first kappa shape index (κ1) is 17.6. The molecule has 1 aliphatic heterocycles. The van der Waals surface area contributed by atoms with E-state index in [1.807, 2.05) is 34.0 Å². The minimum absolute atomic E-state index is 0.136. The van der Waals surface area contributed by atoms with E-state index < -0.39 is 11.6 Å². The number of amides is 1. The van der Waals surface area contributed by atoms with Gasteiger partial charge < -0.3 is 10.2 Å². The molecule has 140 valence electrons. The third kappa shape index (κ3) is 3.82. The first-order valence-electron chi connectivity index (χ1n) is 8.58. The zero-order valence-corrected chi connectivity index (χ0v) is 15.1. The average Bonchev–Trinajstić information content (AvgIpc) is 3.36. The Labute approximate surface area is 158 Å². The molecule has 3 heterocycles. The van der Waals surface area contributed by atoms with Crippen molar-refractivity contribution < 1.29 is 13.6 Å². The molecule has 0 radical (unpaired) electrons. The van der Waals surface area contributed by atoms with E-state index >= 15 is 0 Å². The van der Waals surface area contributed by atoms with Gasteiger partial charge in [0.05, 0.1) is 11.6 Å². The molecule has 4 rings (SSSR count). The van der Waals surface area contributed by atoms with Gasteiger partial charge in [-0.05, 0) is 37.1 Å². The average molecular weight is 389 g/mol. The van der Waals surface area contributed by atoms with Gasteiger partial charge in [0, 0.05) is 31.5 Å². The number of halogens is 2. The Morgan fingerprint density at radius 2 is 1.96 bits per heavy atom. The normalized spacial score (nSPS) is 17.1. The van der Waals surface area contributed by atoms with Crippen LogP contribution in [-0.4, -0.2) is 33.8 Å². The Kier molecular flexibility index (Phi) is 4.85. The van der Waals surface area contributed by atoms with Crippen LogP contribution in [0.15, 0.2) is 42.7 Å². The minimum Gasteiger partial charge on any atom is -0.346 e. The van der Waals surface area contributed by atoms with Gasteiger partial charge in [-0.3, -0.25) is 9.36 Å². The highest BCUT2D eigenvalue weighted by Gasteiger charge is 2.28. The van der Waals surface area contributed by atoms with Crippen LogP contribution in [-0.2, 0) is 4.79 Å². The Hall–Kier alpha value is -2.81. The number of carbonyl (C=O) groups is 1. The molecule has 3 aromatic rings. The van der Waals surface area contributed by atoms with Crippen LogP contribution in [0.25, 0.3) is 5.13 Å². The lowest BCUT2D eigenvalue weighted by Crippen LogP contribution is -2.40. The molecule has 0 saturated carbocycles. The predicted octanol–water partition coefficient (Wildman–Crippen LogP) is 3.46. The van der Waals surface area contributed by atoms with Gasteiger partial charge in [0.2, 0.25) is 16.2 Å². The Morgan fingerprint density at radius 1 is 1.19 bits per heavy atom. The van der Waals surface area contributed by atoms with Crippen molar-refractivity contribution in [3.05, 3.63) is 54.4 Å². The van der Waals surface area contributed by atoms with Crippen molar-refractivity contribution in [1.29, 1.82) is 0 Å². The largest absolute Gasteiger partial charge is 0.346 e. The fourth-order valence-electron chi connectivity index (χ4n) is 3.10. The topological polar surface area (TPSA) is 63.1 Å². The Morgan fingerprint density at radius 3 is 2.78 bits per heavy atom. The molecule has 9 heteroatoms. The number of rotatable bonds is 4. The molecule has 1 atom stereocenters. The molecule has 1 amide bonds. The fraction of sp³-hybridized carbons (Fsp3) is 0.278. The van der Waals surface area contributed by atoms with E-state index in [1.165, 1.54) is 11.3 Å². The number of nitrogens with zero attached hydrogens (tertiary/aromatic N) is 4. The van der Waals surface area contributed by atoms with E-state index in [2.05, 4.69) is 15.5 Å². The smallest absolute Gasteiger partial charge is 0.229 e. The summed E-state index contributed by atoms with van der Waals surface area (Å²) in [6.45, 7) is 1.24. The van der Waals surface area contributed by atoms with Gasteiger partial charge >= 0.3 is 0 Å². The summed E-state index contributed by atoms with van der Waals surface area (Å²) < 4.78 is 28.9. The van der Waals surface area contributed by atoms with Crippen molar-refractivity contribution in [2.75, 3.05) is 23.3 Å². The van der Waals surface area contributed by atoms with Crippen LogP contribution < -0.4 is 10.2 Å². The second-order valence-corrected chi connectivity index (χ2v) is 7.29. The molecule has 1 saturated heterocycles. The lowest BCUT2D eigenvalue weighted by atomic mass is 9.97. The summed E-state index contributed by atoms with van der Waals surface area (Å²) in [4.78, 5) is 14.6. The van der Waals surface area contributed by atoms with E-state index in [0.717, 1.165) is 41.4 Å². The third-order valence-corrected chi connectivity index (χ3v) is 5.48. The van der Waals surface area contributed by atoms with E-state index in [-0.39, 0.29) is 17.5 Å². The number of carbonyl (C=O) groups excluding carboxylic acids is 1.